The summed E-state index contributed by atoms with van der Waals surface area (Å²) in [7, 11) is 3.01. The molecule has 26 heavy (non-hydrogen) atoms. The van der Waals surface area contributed by atoms with Gasteiger partial charge in [0.25, 0.3) is 0 Å². The third-order valence-corrected chi connectivity index (χ3v) is 4.45. The number of amides is 2. The average Bonchev–Trinajstić information content (AvgIpc) is 2.86. The maximum Gasteiger partial charge on any atom is 0.356 e. The number of aromatic nitrogens is 1. The van der Waals surface area contributed by atoms with Crippen LogP contribution >= 0.6 is 11.6 Å². The highest BCUT2D eigenvalue weighted by molar-refractivity contribution is 6.31. The van der Waals surface area contributed by atoms with Crippen molar-refractivity contribution in [2.75, 3.05) is 12.0 Å². The molecule has 2 amide bonds. The Morgan fingerprint density at radius 2 is 1.92 bits per heavy atom. The van der Waals surface area contributed by atoms with Gasteiger partial charge in [-0.15, -0.1) is 0 Å². The van der Waals surface area contributed by atoms with Crippen LogP contribution in [-0.4, -0.2) is 23.7 Å². The highest BCUT2D eigenvalue weighted by Crippen LogP contribution is 2.39. The van der Waals surface area contributed by atoms with Crippen LogP contribution in [0, 0.1) is 6.92 Å². The van der Waals surface area contributed by atoms with Crippen LogP contribution in [0.15, 0.2) is 42.5 Å². The summed E-state index contributed by atoms with van der Waals surface area (Å²) in [5.74, 6) is -0.575. The molecule has 6 nitrogen and oxygen atoms in total. The number of urea groups is 1. The van der Waals surface area contributed by atoms with Crippen molar-refractivity contribution in [2.45, 2.75) is 6.92 Å². The van der Waals surface area contributed by atoms with Crippen molar-refractivity contribution in [3.05, 3.63) is 58.7 Å². The van der Waals surface area contributed by atoms with Crippen LogP contribution in [0.5, 0.6) is 0 Å². The molecule has 2 aromatic carbocycles. The van der Waals surface area contributed by atoms with Crippen LogP contribution in [-0.2, 0) is 11.8 Å². The summed E-state index contributed by atoms with van der Waals surface area (Å²) in [6.45, 7) is 1.91. The maximum atomic E-state index is 12.5. The third-order valence-electron chi connectivity index (χ3n) is 4.22. The number of carbonyl (C=O) groups is 2. The Kier molecular flexibility index (Phi) is 4.61. The van der Waals surface area contributed by atoms with Gasteiger partial charge in [-0.05, 0) is 42.8 Å². The molecule has 0 atom stereocenters. The second-order valence-electron chi connectivity index (χ2n) is 5.92. The highest BCUT2D eigenvalue weighted by Gasteiger charge is 2.29. The number of aryl methyl sites for hydroxylation is 2. The van der Waals surface area contributed by atoms with Crippen LogP contribution in [0.4, 0.5) is 16.2 Å². The largest absolute Gasteiger partial charge is 0.464 e. The summed E-state index contributed by atoms with van der Waals surface area (Å²) >= 11 is 6.16. The summed E-state index contributed by atoms with van der Waals surface area (Å²) < 4.78 is 6.60. The van der Waals surface area contributed by atoms with E-state index in [4.69, 9.17) is 22.1 Å². The molecule has 0 radical (unpaired) electrons. The van der Waals surface area contributed by atoms with E-state index in [2.05, 4.69) is 0 Å². The summed E-state index contributed by atoms with van der Waals surface area (Å²) in [6.07, 6.45) is 0. The van der Waals surface area contributed by atoms with Crippen LogP contribution in [0.3, 0.4) is 0 Å². The summed E-state index contributed by atoms with van der Waals surface area (Å²) in [6, 6.07) is 11.8. The summed E-state index contributed by atoms with van der Waals surface area (Å²) in [5.41, 5.74) is 8.48. The van der Waals surface area contributed by atoms with E-state index >= 15 is 0 Å². The van der Waals surface area contributed by atoms with Crippen molar-refractivity contribution in [3.8, 4) is 0 Å². The van der Waals surface area contributed by atoms with E-state index in [0.29, 0.717) is 21.8 Å². The molecular weight excluding hydrogens is 354 g/mol. The fourth-order valence-corrected chi connectivity index (χ4v) is 3.26. The first kappa shape index (κ1) is 17.8. The van der Waals surface area contributed by atoms with Gasteiger partial charge in [-0.1, -0.05) is 23.7 Å². The molecule has 0 saturated heterocycles. The molecule has 0 bridgehead atoms. The number of fused-ring (bicyclic) bond motifs is 1. The van der Waals surface area contributed by atoms with E-state index in [9.17, 15) is 9.59 Å². The number of hydrogen-bond donors (Lipinski definition) is 1. The third kappa shape index (κ3) is 2.88. The predicted molar refractivity (Wildman–Crippen MR) is 102 cm³/mol. The average molecular weight is 372 g/mol. The first-order valence-corrected chi connectivity index (χ1v) is 8.25. The first-order chi connectivity index (χ1) is 12.3. The molecule has 0 aliphatic heterocycles. The van der Waals surface area contributed by atoms with Gasteiger partial charge in [0, 0.05) is 17.5 Å². The number of benzene rings is 2. The summed E-state index contributed by atoms with van der Waals surface area (Å²) in [5, 5.41) is 1.11. The Balaban J connectivity index is 2.41. The monoisotopic (exact) mass is 371 g/mol. The molecule has 1 aromatic heterocycles. The Hall–Kier alpha value is -2.99. The molecule has 3 rings (SSSR count). The highest BCUT2D eigenvalue weighted by atomic mass is 35.5. The van der Waals surface area contributed by atoms with Gasteiger partial charge < -0.3 is 15.0 Å². The molecular formula is C19H18ClN3O3. The van der Waals surface area contributed by atoms with Crippen molar-refractivity contribution < 1.29 is 14.3 Å². The topological polar surface area (TPSA) is 77.6 Å². The zero-order valence-corrected chi connectivity index (χ0v) is 15.4. The van der Waals surface area contributed by atoms with E-state index in [1.165, 1.54) is 12.0 Å². The Bertz CT molecular complexity index is 1030. The predicted octanol–water partition coefficient (Wildman–Crippen LogP) is 4.14. The Morgan fingerprint density at radius 3 is 2.54 bits per heavy atom. The lowest BCUT2D eigenvalue weighted by Gasteiger charge is -2.22. The van der Waals surface area contributed by atoms with E-state index in [1.54, 1.807) is 35.9 Å². The number of nitrogens with two attached hydrogens (primary N) is 1. The van der Waals surface area contributed by atoms with E-state index in [1.807, 2.05) is 25.1 Å². The fraction of sp³-hybridized carbons (Fsp3) is 0.158. The van der Waals surface area contributed by atoms with Gasteiger partial charge in [0.15, 0.2) is 5.69 Å². The van der Waals surface area contributed by atoms with E-state index in [0.717, 1.165) is 11.1 Å². The molecule has 1 heterocycles. The molecule has 0 aliphatic carbocycles. The van der Waals surface area contributed by atoms with Crippen molar-refractivity contribution in [2.24, 2.45) is 12.8 Å². The minimum atomic E-state index is -0.715. The fourth-order valence-electron chi connectivity index (χ4n) is 3.09. The van der Waals surface area contributed by atoms with Crippen LogP contribution in [0.1, 0.15) is 16.1 Å². The van der Waals surface area contributed by atoms with Crippen molar-refractivity contribution >= 4 is 45.9 Å². The molecule has 0 fully saturated rings. The second-order valence-corrected chi connectivity index (χ2v) is 6.36. The number of esters is 1. The minimum Gasteiger partial charge on any atom is -0.464 e. The van der Waals surface area contributed by atoms with E-state index < -0.39 is 12.0 Å². The number of primary amides is 1. The number of anilines is 2. The lowest BCUT2D eigenvalue weighted by molar-refractivity contribution is 0.0591. The number of nitrogens with zero attached hydrogens (tertiary/aromatic N) is 2. The smallest absolute Gasteiger partial charge is 0.356 e. The normalized spacial score (nSPS) is 10.8. The van der Waals surface area contributed by atoms with Crippen LogP contribution < -0.4 is 10.6 Å². The Morgan fingerprint density at radius 1 is 1.19 bits per heavy atom. The van der Waals surface area contributed by atoms with Crippen molar-refractivity contribution in [3.63, 3.8) is 0 Å². The van der Waals surface area contributed by atoms with Crippen LogP contribution in [0.2, 0.25) is 5.02 Å². The molecule has 7 heteroatoms. The standard InChI is InChI=1S/C19H18ClN3O3/c1-11-5-4-6-13(9-11)23(19(21)25)16-14-10-12(20)7-8-15(14)22(2)17(16)18(24)26-3/h4-10H,1-3H3,(H2,21,25). The summed E-state index contributed by atoms with van der Waals surface area (Å²) in [4.78, 5) is 26.2. The Labute approximate surface area is 155 Å². The van der Waals surface area contributed by atoms with Gasteiger partial charge >= 0.3 is 12.0 Å². The van der Waals surface area contributed by atoms with E-state index in [-0.39, 0.29) is 5.69 Å². The van der Waals surface area contributed by atoms with Gasteiger partial charge in [-0.25, -0.2) is 9.59 Å². The number of methoxy groups -OCH3 is 1. The lowest BCUT2D eigenvalue weighted by Crippen LogP contribution is -2.32. The lowest BCUT2D eigenvalue weighted by atomic mass is 10.1. The minimum absolute atomic E-state index is 0.213. The van der Waals surface area contributed by atoms with Gasteiger partial charge in [-0.3, -0.25) is 4.90 Å². The number of halogens is 1. The second kappa shape index (κ2) is 6.72. The zero-order chi connectivity index (χ0) is 19.0. The SMILES string of the molecule is COC(=O)c1c(N(C(N)=O)c2cccc(C)c2)c2cc(Cl)ccc2n1C. The molecule has 2 N–H and O–H groups in total. The number of rotatable bonds is 3. The van der Waals surface area contributed by atoms with Gasteiger partial charge in [0.05, 0.1) is 24.0 Å². The molecule has 3 aromatic rings. The van der Waals surface area contributed by atoms with Gasteiger partial charge in [0.2, 0.25) is 0 Å². The molecule has 134 valence electrons. The quantitative estimate of drug-likeness (QED) is 0.703. The van der Waals surface area contributed by atoms with Gasteiger partial charge in [-0.2, -0.15) is 0 Å². The van der Waals surface area contributed by atoms with Gasteiger partial charge in [0.1, 0.15) is 0 Å². The van der Waals surface area contributed by atoms with Crippen LogP contribution in [0.25, 0.3) is 10.9 Å². The maximum absolute atomic E-state index is 12.5. The number of carbonyl (C=O) groups excluding carboxylic acids is 2. The number of hydrogen-bond acceptors (Lipinski definition) is 3. The molecule has 0 spiro atoms. The van der Waals surface area contributed by atoms with Crippen molar-refractivity contribution in [1.82, 2.24) is 4.57 Å². The molecule has 0 saturated carbocycles. The van der Waals surface area contributed by atoms with Crippen molar-refractivity contribution in [1.29, 1.82) is 0 Å². The zero-order valence-electron chi connectivity index (χ0n) is 14.6. The first-order valence-electron chi connectivity index (χ1n) is 7.87. The molecule has 0 unspecified atom stereocenters. The number of ether oxygens (including phenoxy) is 1. The molecule has 0 aliphatic rings.